The molecule has 1 aromatic rings. The van der Waals surface area contributed by atoms with E-state index < -0.39 is 29.7 Å². The Balaban J connectivity index is 2.30. The SMILES string of the molecule is CC(N=[N+]=[N-])C1=C(c2cc(F)cc(F)c2)C(C(=O)O)N2C=CSC2=N1. The lowest BCUT2D eigenvalue weighted by Crippen LogP contribution is -2.43. The van der Waals surface area contributed by atoms with Gasteiger partial charge < -0.3 is 10.0 Å². The van der Waals surface area contributed by atoms with Crippen LogP contribution in [0.3, 0.4) is 0 Å². The Morgan fingerprint density at radius 2 is 2.12 bits per heavy atom. The summed E-state index contributed by atoms with van der Waals surface area (Å²) in [5.74, 6) is -2.91. The van der Waals surface area contributed by atoms with E-state index in [4.69, 9.17) is 5.53 Å². The molecule has 0 aliphatic carbocycles. The van der Waals surface area contributed by atoms with Crippen molar-refractivity contribution in [2.24, 2.45) is 10.1 Å². The smallest absolute Gasteiger partial charge is 0.331 e. The van der Waals surface area contributed by atoms with Crippen molar-refractivity contribution in [3.8, 4) is 0 Å². The number of aliphatic carboxylic acids is 1. The van der Waals surface area contributed by atoms with Gasteiger partial charge in [0.1, 0.15) is 11.6 Å². The number of amidine groups is 1. The van der Waals surface area contributed by atoms with Crippen molar-refractivity contribution in [1.29, 1.82) is 0 Å². The Morgan fingerprint density at radius 1 is 1.44 bits per heavy atom. The zero-order valence-electron chi connectivity index (χ0n) is 12.8. The second-order valence-electron chi connectivity index (χ2n) is 5.28. The number of thioether (sulfide) groups is 1. The molecule has 1 aromatic carbocycles. The van der Waals surface area contributed by atoms with Crippen LogP contribution in [0, 0.1) is 11.6 Å². The second-order valence-corrected chi connectivity index (χ2v) is 6.16. The molecule has 3 rings (SSSR count). The molecule has 10 heteroatoms. The molecule has 7 nitrogen and oxygen atoms in total. The highest BCUT2D eigenvalue weighted by molar-refractivity contribution is 8.16. The summed E-state index contributed by atoms with van der Waals surface area (Å²) in [6, 6.07) is 0.699. The molecule has 0 radical (unpaired) electrons. The van der Waals surface area contributed by atoms with Gasteiger partial charge in [-0.25, -0.2) is 18.6 Å². The Hall–Kier alpha value is -2.84. The van der Waals surface area contributed by atoms with E-state index in [1.165, 1.54) is 29.8 Å². The van der Waals surface area contributed by atoms with Gasteiger partial charge in [0.2, 0.25) is 0 Å². The predicted molar refractivity (Wildman–Crippen MR) is 89.3 cm³/mol. The number of carboxylic acid groups (broad SMARTS) is 1. The first-order chi connectivity index (χ1) is 11.9. The maximum Gasteiger partial charge on any atom is 0.331 e. The van der Waals surface area contributed by atoms with Crippen LogP contribution in [-0.4, -0.2) is 33.2 Å². The monoisotopic (exact) mass is 363 g/mol. The first kappa shape index (κ1) is 17.0. The normalized spacial score (nSPS) is 20.0. The van der Waals surface area contributed by atoms with Crippen LogP contribution in [0.4, 0.5) is 8.78 Å². The third kappa shape index (κ3) is 3.09. The lowest BCUT2D eigenvalue weighted by atomic mass is 9.92. The summed E-state index contributed by atoms with van der Waals surface area (Å²) in [5, 5.41) is 15.3. The first-order valence-corrected chi connectivity index (χ1v) is 7.98. The van der Waals surface area contributed by atoms with E-state index in [1.54, 1.807) is 5.41 Å². The molecule has 0 aromatic heterocycles. The van der Waals surface area contributed by atoms with E-state index in [0.29, 0.717) is 11.2 Å². The van der Waals surface area contributed by atoms with E-state index in [-0.39, 0.29) is 16.8 Å². The molecular weight excluding hydrogens is 352 g/mol. The van der Waals surface area contributed by atoms with Gasteiger partial charge in [0.25, 0.3) is 0 Å². The van der Waals surface area contributed by atoms with Crippen molar-refractivity contribution in [1.82, 2.24) is 4.90 Å². The van der Waals surface area contributed by atoms with Crippen LogP contribution in [0.5, 0.6) is 0 Å². The molecule has 1 N–H and O–H groups in total. The zero-order chi connectivity index (χ0) is 18.1. The van der Waals surface area contributed by atoms with Crippen LogP contribution in [0.15, 0.2) is 45.6 Å². The Kier molecular flexibility index (Phi) is 4.47. The van der Waals surface area contributed by atoms with Crippen LogP contribution >= 0.6 is 11.8 Å². The van der Waals surface area contributed by atoms with Crippen LogP contribution in [0.2, 0.25) is 0 Å². The molecule has 2 heterocycles. The van der Waals surface area contributed by atoms with Crippen LogP contribution in [-0.2, 0) is 4.79 Å². The van der Waals surface area contributed by atoms with Crippen molar-refractivity contribution < 1.29 is 18.7 Å². The summed E-state index contributed by atoms with van der Waals surface area (Å²) in [6.45, 7) is 1.54. The highest BCUT2D eigenvalue weighted by Gasteiger charge is 2.39. The number of hydrogen-bond donors (Lipinski definition) is 1. The number of carboxylic acids is 1. The summed E-state index contributed by atoms with van der Waals surface area (Å²) < 4.78 is 27.4. The van der Waals surface area contributed by atoms with Gasteiger partial charge in [-0.15, -0.1) is 0 Å². The minimum Gasteiger partial charge on any atom is -0.479 e. The largest absolute Gasteiger partial charge is 0.479 e. The number of azide groups is 1. The third-order valence-corrected chi connectivity index (χ3v) is 4.46. The molecule has 0 fully saturated rings. The summed E-state index contributed by atoms with van der Waals surface area (Å²) in [5.41, 5.74) is 8.98. The molecule has 25 heavy (non-hydrogen) atoms. The minimum absolute atomic E-state index is 0.0352. The molecule has 0 spiro atoms. The quantitative estimate of drug-likeness (QED) is 0.500. The van der Waals surface area contributed by atoms with Gasteiger partial charge in [0, 0.05) is 22.8 Å². The maximum atomic E-state index is 13.7. The maximum absolute atomic E-state index is 13.7. The number of aliphatic imine (C=N–C) groups is 1. The van der Waals surface area contributed by atoms with Gasteiger partial charge in [0.05, 0.1) is 11.7 Å². The van der Waals surface area contributed by atoms with E-state index in [0.717, 1.165) is 12.1 Å². The molecule has 128 valence electrons. The number of benzene rings is 1. The molecule has 0 amide bonds. The standard InChI is InChI=1S/C15H11F2N5O2S/c1-7(20-21-18)12-11(8-4-9(16)6-10(17)5-8)13(14(23)24)22-2-3-25-15(22)19-12/h2-7,13H,1H3,(H,23,24). The molecule has 0 saturated carbocycles. The van der Waals surface area contributed by atoms with E-state index in [1.807, 2.05) is 0 Å². The Morgan fingerprint density at radius 3 is 2.72 bits per heavy atom. The topological polar surface area (TPSA) is 102 Å². The number of halogens is 2. The van der Waals surface area contributed by atoms with Crippen molar-refractivity contribution in [2.75, 3.05) is 0 Å². The number of hydrogen-bond acceptors (Lipinski definition) is 5. The van der Waals surface area contributed by atoms with Gasteiger partial charge in [0.15, 0.2) is 11.2 Å². The predicted octanol–water partition coefficient (Wildman–Crippen LogP) is 3.72. The summed E-state index contributed by atoms with van der Waals surface area (Å²) in [4.78, 5) is 20.4. The van der Waals surface area contributed by atoms with Gasteiger partial charge in [-0.2, -0.15) is 0 Å². The number of nitrogens with zero attached hydrogens (tertiary/aromatic N) is 5. The number of fused-ring (bicyclic) bond motifs is 1. The fourth-order valence-corrected chi connectivity index (χ4v) is 3.47. The van der Waals surface area contributed by atoms with Crippen molar-refractivity contribution in [2.45, 2.75) is 19.0 Å². The van der Waals surface area contributed by atoms with Crippen LogP contribution in [0.1, 0.15) is 12.5 Å². The van der Waals surface area contributed by atoms with E-state index in [2.05, 4.69) is 15.0 Å². The van der Waals surface area contributed by atoms with Gasteiger partial charge in [-0.3, -0.25) is 0 Å². The summed E-state index contributed by atoms with van der Waals surface area (Å²) in [7, 11) is 0. The number of rotatable bonds is 4. The average molecular weight is 363 g/mol. The molecular formula is C15H11F2N5O2S. The molecule has 0 bridgehead atoms. The van der Waals surface area contributed by atoms with Crippen molar-refractivity contribution in [3.63, 3.8) is 0 Å². The van der Waals surface area contributed by atoms with E-state index in [9.17, 15) is 18.7 Å². The second kappa shape index (κ2) is 6.58. The van der Waals surface area contributed by atoms with Gasteiger partial charge in [-0.1, -0.05) is 23.8 Å². The minimum atomic E-state index is -1.24. The van der Waals surface area contributed by atoms with Gasteiger partial charge >= 0.3 is 5.97 Å². The fourth-order valence-electron chi connectivity index (χ4n) is 2.71. The average Bonchev–Trinajstić information content (AvgIpc) is 3.00. The lowest BCUT2D eigenvalue weighted by Gasteiger charge is -2.33. The zero-order valence-corrected chi connectivity index (χ0v) is 13.6. The third-order valence-electron chi connectivity index (χ3n) is 3.69. The molecule has 2 atom stereocenters. The van der Waals surface area contributed by atoms with Crippen molar-refractivity contribution in [3.05, 3.63) is 63.1 Å². The molecule has 2 aliphatic heterocycles. The first-order valence-electron chi connectivity index (χ1n) is 7.10. The number of carbonyl (C=O) groups is 1. The summed E-state index contributed by atoms with van der Waals surface area (Å²) >= 11 is 1.21. The highest BCUT2D eigenvalue weighted by Crippen LogP contribution is 2.39. The van der Waals surface area contributed by atoms with E-state index >= 15 is 0 Å². The summed E-state index contributed by atoms with van der Waals surface area (Å²) in [6.07, 6.45) is 1.53. The Labute approximate surface area is 145 Å². The lowest BCUT2D eigenvalue weighted by molar-refractivity contribution is -0.139. The Bertz CT molecular complexity index is 872. The van der Waals surface area contributed by atoms with Crippen molar-refractivity contribution >= 4 is 28.5 Å². The fraction of sp³-hybridized carbons (Fsp3) is 0.200. The van der Waals surface area contributed by atoms with Gasteiger partial charge in [-0.05, 0) is 28.6 Å². The molecule has 2 aliphatic rings. The van der Waals surface area contributed by atoms with Crippen LogP contribution < -0.4 is 0 Å². The van der Waals surface area contributed by atoms with Crippen LogP contribution in [0.25, 0.3) is 16.0 Å². The molecule has 0 saturated heterocycles. The highest BCUT2D eigenvalue weighted by atomic mass is 32.2. The molecule has 2 unspecified atom stereocenters.